The molecule has 1 unspecified atom stereocenters. The van der Waals surface area contributed by atoms with Gasteiger partial charge in [0, 0.05) is 15.5 Å². The van der Waals surface area contributed by atoms with E-state index in [1.54, 1.807) is 44.2 Å². The van der Waals surface area contributed by atoms with Gasteiger partial charge >= 0.3 is 0 Å². The van der Waals surface area contributed by atoms with Gasteiger partial charge in [0.05, 0.1) is 19.1 Å². The van der Waals surface area contributed by atoms with Crippen LogP contribution < -0.4 is 10.1 Å². The van der Waals surface area contributed by atoms with Crippen LogP contribution in [0.5, 0.6) is 5.75 Å². The van der Waals surface area contributed by atoms with Crippen LogP contribution in [0.3, 0.4) is 0 Å². The van der Waals surface area contributed by atoms with Crippen molar-refractivity contribution in [1.29, 1.82) is 0 Å². The second kappa shape index (κ2) is 7.76. The SMILES string of the molecule is CC(C)(Oc1ccc(Cl)cc1)C(=O)NCC(O)(c1ccoc1)c1cccs1. The molecular formula is C20H20ClNO4S. The molecule has 2 heterocycles. The summed E-state index contributed by atoms with van der Waals surface area (Å²) >= 11 is 7.28. The van der Waals surface area contributed by atoms with Gasteiger partial charge in [0.25, 0.3) is 5.91 Å². The van der Waals surface area contributed by atoms with Gasteiger partial charge in [-0.2, -0.15) is 0 Å². The first-order valence-electron chi connectivity index (χ1n) is 8.33. The van der Waals surface area contributed by atoms with E-state index < -0.39 is 11.2 Å². The maximum absolute atomic E-state index is 12.7. The number of furan rings is 1. The number of thiophene rings is 1. The van der Waals surface area contributed by atoms with Crippen molar-refractivity contribution in [3.05, 3.63) is 75.8 Å². The maximum atomic E-state index is 12.7. The van der Waals surface area contributed by atoms with Crippen molar-refractivity contribution in [2.45, 2.75) is 25.0 Å². The van der Waals surface area contributed by atoms with E-state index in [1.807, 2.05) is 17.5 Å². The number of ether oxygens (including phenoxy) is 1. The number of hydrogen-bond acceptors (Lipinski definition) is 5. The van der Waals surface area contributed by atoms with Crippen LogP contribution in [0.1, 0.15) is 24.3 Å². The number of carbonyl (C=O) groups is 1. The van der Waals surface area contributed by atoms with Crippen LogP contribution in [0.15, 0.2) is 64.8 Å². The summed E-state index contributed by atoms with van der Waals surface area (Å²) in [6.45, 7) is 3.32. The van der Waals surface area contributed by atoms with Crippen molar-refractivity contribution in [3.8, 4) is 5.75 Å². The van der Waals surface area contributed by atoms with Gasteiger partial charge in [-0.15, -0.1) is 11.3 Å². The smallest absolute Gasteiger partial charge is 0.263 e. The Morgan fingerprint density at radius 1 is 1.26 bits per heavy atom. The molecule has 0 radical (unpaired) electrons. The van der Waals surface area contributed by atoms with Crippen molar-refractivity contribution in [1.82, 2.24) is 5.32 Å². The molecule has 27 heavy (non-hydrogen) atoms. The summed E-state index contributed by atoms with van der Waals surface area (Å²) in [7, 11) is 0. The number of nitrogens with one attached hydrogen (secondary N) is 1. The second-order valence-electron chi connectivity index (χ2n) is 6.60. The lowest BCUT2D eigenvalue weighted by molar-refractivity contribution is -0.135. The quantitative estimate of drug-likeness (QED) is 0.617. The average Bonchev–Trinajstić information content (AvgIpc) is 3.35. The molecule has 0 aliphatic heterocycles. The van der Waals surface area contributed by atoms with Gasteiger partial charge in [-0.05, 0) is 55.6 Å². The van der Waals surface area contributed by atoms with Crippen molar-refractivity contribution >= 4 is 28.8 Å². The Kier molecular flexibility index (Phi) is 5.60. The highest BCUT2D eigenvalue weighted by molar-refractivity contribution is 7.10. The van der Waals surface area contributed by atoms with Crippen LogP contribution in [-0.2, 0) is 10.4 Å². The fourth-order valence-electron chi connectivity index (χ4n) is 2.61. The molecule has 2 N–H and O–H groups in total. The van der Waals surface area contributed by atoms with E-state index in [1.165, 1.54) is 23.9 Å². The van der Waals surface area contributed by atoms with E-state index >= 15 is 0 Å². The van der Waals surface area contributed by atoms with Crippen LogP contribution in [0.2, 0.25) is 5.02 Å². The van der Waals surface area contributed by atoms with Gasteiger partial charge in [0.15, 0.2) is 5.60 Å². The molecule has 3 aromatic rings. The summed E-state index contributed by atoms with van der Waals surface area (Å²) in [5, 5.41) is 16.5. The summed E-state index contributed by atoms with van der Waals surface area (Å²) in [6, 6.07) is 12.1. The Balaban J connectivity index is 1.73. The van der Waals surface area contributed by atoms with Crippen LogP contribution in [0.4, 0.5) is 0 Å². The van der Waals surface area contributed by atoms with E-state index in [2.05, 4.69) is 5.32 Å². The fourth-order valence-corrected chi connectivity index (χ4v) is 3.58. The maximum Gasteiger partial charge on any atom is 0.263 e. The van der Waals surface area contributed by atoms with Crippen LogP contribution in [0, 0.1) is 0 Å². The van der Waals surface area contributed by atoms with Crippen molar-refractivity contribution in [3.63, 3.8) is 0 Å². The summed E-state index contributed by atoms with van der Waals surface area (Å²) in [4.78, 5) is 13.4. The third-order valence-corrected chi connectivity index (χ3v) is 5.44. The minimum atomic E-state index is -1.38. The lowest BCUT2D eigenvalue weighted by Crippen LogP contribution is -2.50. The van der Waals surface area contributed by atoms with E-state index in [9.17, 15) is 9.90 Å². The number of benzene rings is 1. The summed E-state index contributed by atoms with van der Waals surface area (Å²) in [5.74, 6) is 0.179. The largest absolute Gasteiger partial charge is 0.478 e. The summed E-state index contributed by atoms with van der Waals surface area (Å²) < 4.78 is 10.9. The lowest BCUT2D eigenvalue weighted by atomic mass is 9.94. The molecule has 2 aromatic heterocycles. The molecule has 1 amide bonds. The first kappa shape index (κ1) is 19.5. The summed E-state index contributed by atoms with van der Waals surface area (Å²) in [5.41, 5.74) is -1.95. The van der Waals surface area contributed by atoms with Crippen LogP contribution in [0.25, 0.3) is 0 Å². The topological polar surface area (TPSA) is 71.7 Å². The zero-order chi connectivity index (χ0) is 19.5. The van der Waals surface area contributed by atoms with Crippen molar-refractivity contribution in [2.24, 2.45) is 0 Å². The molecule has 0 spiro atoms. The molecule has 1 atom stereocenters. The molecule has 5 nitrogen and oxygen atoms in total. The van der Waals surface area contributed by atoms with E-state index in [0.29, 0.717) is 21.2 Å². The van der Waals surface area contributed by atoms with Gasteiger partial charge in [0.2, 0.25) is 0 Å². The van der Waals surface area contributed by atoms with Gasteiger partial charge in [-0.25, -0.2) is 0 Å². The third kappa shape index (κ3) is 4.35. The number of halogens is 1. The lowest BCUT2D eigenvalue weighted by Gasteiger charge is -2.30. The predicted molar refractivity (Wildman–Crippen MR) is 105 cm³/mol. The molecule has 0 aliphatic rings. The Bertz CT molecular complexity index is 839. The Labute approximate surface area is 166 Å². The molecule has 0 saturated carbocycles. The number of hydrogen-bond donors (Lipinski definition) is 2. The van der Waals surface area contributed by atoms with Gasteiger partial charge in [0.1, 0.15) is 11.4 Å². The molecule has 0 saturated heterocycles. The Hall–Kier alpha value is -2.28. The molecule has 142 valence electrons. The van der Waals surface area contributed by atoms with Gasteiger partial charge in [-0.3, -0.25) is 4.79 Å². The highest BCUT2D eigenvalue weighted by Crippen LogP contribution is 2.33. The normalized spacial score (nSPS) is 13.8. The molecule has 3 rings (SSSR count). The standard InChI is InChI=1S/C20H20ClNO4S/c1-19(2,26-16-7-5-15(21)6-8-16)18(23)22-13-20(24,14-9-10-25-12-14)17-4-3-11-27-17/h3-12,24H,13H2,1-2H3,(H,22,23). The molecule has 0 bridgehead atoms. The monoisotopic (exact) mass is 405 g/mol. The number of rotatable bonds is 7. The number of aliphatic hydroxyl groups is 1. The van der Waals surface area contributed by atoms with E-state index in [-0.39, 0.29) is 12.5 Å². The molecular weight excluding hydrogens is 386 g/mol. The van der Waals surface area contributed by atoms with E-state index in [0.717, 1.165) is 0 Å². The van der Waals surface area contributed by atoms with E-state index in [4.69, 9.17) is 20.8 Å². The third-order valence-electron chi connectivity index (χ3n) is 4.17. The fraction of sp³-hybridized carbons (Fsp3) is 0.250. The molecule has 0 aliphatic carbocycles. The Morgan fingerprint density at radius 2 is 2.00 bits per heavy atom. The molecule has 7 heteroatoms. The van der Waals surface area contributed by atoms with Gasteiger partial charge in [-0.1, -0.05) is 17.7 Å². The minimum absolute atomic E-state index is 0.0146. The predicted octanol–water partition coefficient (Wildman–Crippen LogP) is 4.20. The first-order valence-corrected chi connectivity index (χ1v) is 9.59. The minimum Gasteiger partial charge on any atom is -0.478 e. The number of amides is 1. The highest BCUT2D eigenvalue weighted by atomic mass is 35.5. The second-order valence-corrected chi connectivity index (χ2v) is 7.98. The van der Waals surface area contributed by atoms with Crippen molar-refractivity contribution in [2.75, 3.05) is 6.54 Å². The average molecular weight is 406 g/mol. The highest BCUT2D eigenvalue weighted by Gasteiger charge is 2.37. The van der Waals surface area contributed by atoms with Crippen LogP contribution >= 0.6 is 22.9 Å². The van der Waals surface area contributed by atoms with Crippen molar-refractivity contribution < 1.29 is 19.1 Å². The zero-order valence-electron chi connectivity index (χ0n) is 14.9. The zero-order valence-corrected chi connectivity index (χ0v) is 16.5. The number of carbonyl (C=O) groups excluding carboxylic acids is 1. The molecule has 0 fully saturated rings. The first-order chi connectivity index (χ1) is 12.8. The van der Waals surface area contributed by atoms with Crippen LogP contribution in [-0.4, -0.2) is 23.2 Å². The molecule has 1 aromatic carbocycles. The Morgan fingerprint density at radius 3 is 2.59 bits per heavy atom. The van der Waals surface area contributed by atoms with Gasteiger partial charge < -0.3 is 19.6 Å². The summed E-state index contributed by atoms with van der Waals surface area (Å²) in [6.07, 6.45) is 2.96.